The highest BCUT2D eigenvalue weighted by Crippen LogP contribution is 2.16. The van der Waals surface area contributed by atoms with Crippen molar-refractivity contribution in [1.29, 1.82) is 0 Å². The number of hydrogen-bond acceptors (Lipinski definition) is 5. The van der Waals surface area contributed by atoms with E-state index in [1.807, 2.05) is 6.08 Å². The number of unbranched alkanes of at least 4 members (excludes halogenated alkanes) is 36. The summed E-state index contributed by atoms with van der Waals surface area (Å²) in [6.45, 7) is 4.83. The van der Waals surface area contributed by atoms with Crippen LogP contribution in [0.2, 0.25) is 0 Å². The predicted octanol–water partition coefficient (Wildman–Crippen LogP) is 18.4. The van der Waals surface area contributed by atoms with Gasteiger partial charge in [-0.15, -0.1) is 0 Å². The van der Waals surface area contributed by atoms with Gasteiger partial charge in [-0.2, -0.15) is 0 Å². The van der Waals surface area contributed by atoms with Gasteiger partial charge in [0.1, 0.15) is 0 Å². The third kappa shape index (κ3) is 52.9. The minimum absolute atomic E-state index is 0.0288. The van der Waals surface area contributed by atoms with Crippen molar-refractivity contribution in [1.82, 2.24) is 5.32 Å². The fraction of sp³-hybridized carbons (Fsp3) is 0.806. The van der Waals surface area contributed by atoms with Crippen molar-refractivity contribution in [2.24, 2.45) is 0 Å². The van der Waals surface area contributed by atoms with Gasteiger partial charge >= 0.3 is 5.97 Å². The maximum atomic E-state index is 12.5. The summed E-state index contributed by atoms with van der Waals surface area (Å²) in [7, 11) is 0. The number of carbonyl (C=O) groups excluding carboxylic acids is 2. The lowest BCUT2D eigenvalue weighted by atomic mass is 10.0. The lowest BCUT2D eigenvalue weighted by Crippen LogP contribution is -2.45. The van der Waals surface area contributed by atoms with Crippen molar-refractivity contribution in [2.75, 3.05) is 13.2 Å². The Morgan fingerprint density at radius 3 is 1.24 bits per heavy atom. The van der Waals surface area contributed by atoms with Gasteiger partial charge in [0.25, 0.3) is 0 Å². The van der Waals surface area contributed by atoms with E-state index in [2.05, 4.69) is 67.8 Å². The zero-order valence-corrected chi connectivity index (χ0v) is 45.1. The molecule has 3 N–H and O–H groups in total. The highest BCUT2D eigenvalue weighted by molar-refractivity contribution is 5.76. The fourth-order valence-corrected chi connectivity index (χ4v) is 8.71. The average molecular weight is 953 g/mol. The summed E-state index contributed by atoms with van der Waals surface area (Å²) < 4.78 is 5.44. The normalized spacial score (nSPS) is 13.1. The summed E-state index contributed by atoms with van der Waals surface area (Å²) in [6.07, 6.45) is 73.8. The van der Waals surface area contributed by atoms with Crippen LogP contribution in [0, 0.1) is 0 Å². The summed E-state index contributed by atoms with van der Waals surface area (Å²) >= 11 is 0. The Morgan fingerprint density at radius 2 is 0.779 bits per heavy atom. The number of nitrogens with one attached hydrogen (secondary N) is 1. The van der Waals surface area contributed by atoms with Gasteiger partial charge in [0.15, 0.2) is 0 Å². The molecule has 0 aromatic heterocycles. The SMILES string of the molecule is CCCCC/C=C\C/C=C\CCCCCCCC(=O)OCCCCC/C=C\C=C/CCCCCCCCCCCCC(=O)NC(CO)C(O)/C=C/CCCCCCCCCCCCCCCCC. The molecule has 0 radical (unpaired) electrons. The second-order valence-corrected chi connectivity index (χ2v) is 20.0. The van der Waals surface area contributed by atoms with Crippen molar-refractivity contribution in [3.63, 3.8) is 0 Å². The predicted molar refractivity (Wildman–Crippen MR) is 296 cm³/mol. The van der Waals surface area contributed by atoms with Crippen LogP contribution < -0.4 is 5.32 Å². The molecule has 0 spiro atoms. The van der Waals surface area contributed by atoms with Crippen molar-refractivity contribution in [3.8, 4) is 0 Å². The van der Waals surface area contributed by atoms with Gasteiger partial charge in [0.05, 0.1) is 25.4 Å². The molecule has 68 heavy (non-hydrogen) atoms. The van der Waals surface area contributed by atoms with E-state index in [1.165, 1.54) is 180 Å². The molecule has 0 rings (SSSR count). The Hall–Kier alpha value is -2.44. The summed E-state index contributed by atoms with van der Waals surface area (Å²) in [4.78, 5) is 24.5. The minimum Gasteiger partial charge on any atom is -0.466 e. The van der Waals surface area contributed by atoms with Gasteiger partial charge < -0.3 is 20.3 Å². The monoisotopic (exact) mass is 952 g/mol. The second-order valence-electron chi connectivity index (χ2n) is 20.0. The Bertz CT molecular complexity index is 1190. The molecule has 2 unspecified atom stereocenters. The zero-order chi connectivity index (χ0) is 49.3. The van der Waals surface area contributed by atoms with Gasteiger partial charge in [-0.1, -0.05) is 248 Å². The Morgan fingerprint density at radius 1 is 0.426 bits per heavy atom. The molecule has 0 aliphatic carbocycles. The minimum atomic E-state index is -0.853. The van der Waals surface area contributed by atoms with Crippen LogP contribution in [0.15, 0.2) is 60.8 Å². The number of esters is 1. The van der Waals surface area contributed by atoms with Crippen LogP contribution in [0.5, 0.6) is 0 Å². The molecule has 1 amide bonds. The van der Waals surface area contributed by atoms with E-state index in [1.54, 1.807) is 6.08 Å². The Labute approximate surface area is 422 Å². The van der Waals surface area contributed by atoms with Gasteiger partial charge in [0.2, 0.25) is 5.91 Å². The smallest absolute Gasteiger partial charge is 0.305 e. The van der Waals surface area contributed by atoms with Crippen molar-refractivity contribution in [3.05, 3.63) is 60.8 Å². The van der Waals surface area contributed by atoms with Crippen molar-refractivity contribution in [2.45, 2.75) is 309 Å². The molecule has 0 saturated carbocycles. The zero-order valence-electron chi connectivity index (χ0n) is 45.1. The summed E-state index contributed by atoms with van der Waals surface area (Å²) in [5.41, 5.74) is 0. The summed E-state index contributed by atoms with van der Waals surface area (Å²) in [5.74, 6) is -0.107. The number of amides is 1. The molecule has 6 heteroatoms. The second kappa shape index (κ2) is 57.1. The number of allylic oxidation sites excluding steroid dienone is 9. The maximum absolute atomic E-state index is 12.5. The largest absolute Gasteiger partial charge is 0.466 e. The van der Waals surface area contributed by atoms with E-state index in [0.717, 1.165) is 89.9 Å². The van der Waals surface area contributed by atoms with E-state index < -0.39 is 12.1 Å². The van der Waals surface area contributed by atoms with Gasteiger partial charge in [-0.25, -0.2) is 0 Å². The molecule has 0 aromatic carbocycles. The molecule has 396 valence electrons. The van der Waals surface area contributed by atoms with Crippen LogP contribution >= 0.6 is 0 Å². The standard InChI is InChI=1S/C62H113NO5/c1-3-5-7-9-11-13-15-17-19-23-27-30-34-38-42-46-50-54-60(65)59(58-64)63-61(66)55-51-47-43-39-35-31-28-24-21-20-22-25-29-33-37-41-45-49-53-57-68-62(67)56-52-48-44-40-36-32-26-18-16-14-12-10-8-6-4-2/h12,14,18,25-26,29,33,37,50,54,59-60,64-65H,3-11,13,15-17,19-24,27-28,30-32,34-36,38-49,51-53,55-58H2,1-2H3,(H,63,66)/b14-12-,26-18-,29-25-,37-33-,54-50+. The molecular weight excluding hydrogens is 839 g/mol. The van der Waals surface area contributed by atoms with Crippen LogP contribution in [0.3, 0.4) is 0 Å². The van der Waals surface area contributed by atoms with Gasteiger partial charge in [-0.3, -0.25) is 9.59 Å². The molecule has 0 bridgehead atoms. The first kappa shape index (κ1) is 65.6. The van der Waals surface area contributed by atoms with E-state index in [-0.39, 0.29) is 18.5 Å². The van der Waals surface area contributed by atoms with E-state index in [0.29, 0.717) is 19.4 Å². The molecule has 6 nitrogen and oxygen atoms in total. The van der Waals surface area contributed by atoms with Gasteiger partial charge in [0, 0.05) is 12.8 Å². The third-order valence-corrected chi connectivity index (χ3v) is 13.3. The Balaban J connectivity index is 3.53. The van der Waals surface area contributed by atoms with Crippen LogP contribution in [0.1, 0.15) is 296 Å². The highest BCUT2D eigenvalue weighted by Gasteiger charge is 2.18. The topological polar surface area (TPSA) is 95.9 Å². The number of carbonyl (C=O) groups is 2. The maximum Gasteiger partial charge on any atom is 0.305 e. The molecule has 0 aliphatic rings. The molecule has 2 atom stereocenters. The summed E-state index contributed by atoms with van der Waals surface area (Å²) in [6, 6.07) is -0.637. The molecule has 0 fully saturated rings. The number of aliphatic hydroxyl groups excluding tert-OH is 2. The Kier molecular flexibility index (Phi) is 55.1. The third-order valence-electron chi connectivity index (χ3n) is 13.3. The van der Waals surface area contributed by atoms with Crippen molar-refractivity contribution < 1.29 is 24.5 Å². The van der Waals surface area contributed by atoms with E-state index in [9.17, 15) is 19.8 Å². The average Bonchev–Trinajstić information content (AvgIpc) is 3.34. The first-order valence-corrected chi connectivity index (χ1v) is 29.6. The highest BCUT2D eigenvalue weighted by atomic mass is 16.5. The molecule has 0 aromatic rings. The van der Waals surface area contributed by atoms with Crippen LogP contribution in [-0.2, 0) is 14.3 Å². The van der Waals surface area contributed by atoms with E-state index in [4.69, 9.17) is 4.74 Å². The first-order chi connectivity index (χ1) is 33.5. The van der Waals surface area contributed by atoms with E-state index >= 15 is 0 Å². The van der Waals surface area contributed by atoms with Crippen LogP contribution in [0.25, 0.3) is 0 Å². The number of aliphatic hydroxyl groups is 2. The summed E-state index contributed by atoms with van der Waals surface area (Å²) in [5, 5.41) is 23.1. The molecular formula is C62H113NO5. The number of ether oxygens (including phenoxy) is 1. The van der Waals surface area contributed by atoms with Gasteiger partial charge in [-0.05, 0) is 96.3 Å². The van der Waals surface area contributed by atoms with Crippen LogP contribution in [0.4, 0.5) is 0 Å². The van der Waals surface area contributed by atoms with Crippen molar-refractivity contribution >= 4 is 11.9 Å². The molecule has 0 saturated heterocycles. The quantitative estimate of drug-likeness (QED) is 0.0244. The van der Waals surface area contributed by atoms with Crippen LogP contribution in [-0.4, -0.2) is 47.4 Å². The number of rotatable bonds is 54. The fourth-order valence-electron chi connectivity index (χ4n) is 8.71. The lowest BCUT2D eigenvalue weighted by molar-refractivity contribution is -0.143. The lowest BCUT2D eigenvalue weighted by Gasteiger charge is -2.20. The molecule has 0 aliphatic heterocycles. The molecule has 0 heterocycles. The number of hydrogen-bond donors (Lipinski definition) is 3. The first-order valence-electron chi connectivity index (χ1n) is 29.6.